The molecule has 0 bridgehead atoms. The maximum atomic E-state index is 12.5. The minimum absolute atomic E-state index is 0.0493. The monoisotopic (exact) mass is 275 g/mol. The van der Waals surface area contributed by atoms with Crippen LogP contribution in [0.25, 0.3) is 0 Å². The highest BCUT2D eigenvalue weighted by Crippen LogP contribution is 2.26. The maximum absolute atomic E-state index is 12.5. The van der Waals surface area contributed by atoms with Gasteiger partial charge < -0.3 is 15.2 Å². The number of rotatable bonds is 1. The fourth-order valence-electron chi connectivity index (χ4n) is 3.14. The average Bonchev–Trinajstić information content (AvgIpc) is 2.45. The number of hydrogen-bond donors (Lipinski definition) is 2. The Balaban J connectivity index is 1.88. The number of carbonyl (C=O) groups excluding carboxylic acids is 2. The summed E-state index contributed by atoms with van der Waals surface area (Å²) >= 11 is 0. The van der Waals surface area contributed by atoms with Crippen LogP contribution in [0.3, 0.4) is 0 Å². The highest BCUT2D eigenvalue weighted by Gasteiger charge is 2.38. The fraction of sp³-hybridized carbons (Fsp3) is 0.500. The average molecular weight is 275 g/mol. The van der Waals surface area contributed by atoms with Gasteiger partial charge >= 0.3 is 0 Å². The van der Waals surface area contributed by atoms with Crippen LogP contribution in [0.15, 0.2) is 23.1 Å². The van der Waals surface area contributed by atoms with E-state index in [1.807, 2.05) is 0 Å². The minimum atomic E-state index is -0.308. The number of carbonyl (C=O) groups is 2. The van der Waals surface area contributed by atoms with Crippen molar-refractivity contribution >= 4 is 11.8 Å². The molecule has 0 aromatic carbocycles. The predicted octanol–water partition coefficient (Wildman–Crippen LogP) is 0.258. The quantitative estimate of drug-likeness (QED) is 0.771. The number of fused-ring (bicyclic) bond motifs is 1. The summed E-state index contributed by atoms with van der Waals surface area (Å²) in [5.74, 6) is -0.353. The van der Waals surface area contributed by atoms with Gasteiger partial charge in [0.1, 0.15) is 6.54 Å². The number of amides is 2. The van der Waals surface area contributed by atoms with Crippen molar-refractivity contribution in [1.29, 1.82) is 0 Å². The molecule has 2 amide bonds. The summed E-state index contributed by atoms with van der Waals surface area (Å²) in [5, 5.41) is 2.97. The molecule has 0 unspecified atom stereocenters. The molecule has 0 radical (unpaired) electrons. The zero-order chi connectivity index (χ0) is 14.1. The number of pyridine rings is 1. The van der Waals surface area contributed by atoms with Gasteiger partial charge in [-0.2, -0.15) is 0 Å². The molecule has 1 aromatic rings. The Hall–Kier alpha value is -2.11. The van der Waals surface area contributed by atoms with Crippen LogP contribution in [0.2, 0.25) is 0 Å². The van der Waals surface area contributed by atoms with Gasteiger partial charge in [0.05, 0.1) is 6.04 Å². The number of aromatic nitrogens is 1. The molecule has 3 rings (SSSR count). The molecule has 2 N–H and O–H groups in total. The van der Waals surface area contributed by atoms with Gasteiger partial charge in [-0.3, -0.25) is 14.4 Å². The fourth-order valence-corrected chi connectivity index (χ4v) is 3.14. The molecular weight excluding hydrogens is 258 g/mol. The number of H-pyrrole nitrogens is 1. The normalized spacial score (nSPS) is 25.8. The number of aromatic amines is 1. The molecule has 1 saturated carbocycles. The van der Waals surface area contributed by atoms with Crippen molar-refractivity contribution in [1.82, 2.24) is 15.2 Å². The van der Waals surface area contributed by atoms with Crippen molar-refractivity contribution < 1.29 is 9.59 Å². The third-order valence-electron chi connectivity index (χ3n) is 4.07. The molecule has 1 aliphatic heterocycles. The minimum Gasteiger partial charge on any atom is -0.350 e. The van der Waals surface area contributed by atoms with Crippen LogP contribution in [0.4, 0.5) is 0 Å². The molecule has 2 atom stereocenters. The molecule has 20 heavy (non-hydrogen) atoms. The van der Waals surface area contributed by atoms with E-state index in [1.54, 1.807) is 11.0 Å². The molecule has 0 spiro atoms. The largest absolute Gasteiger partial charge is 0.350 e. The number of nitrogens with zero attached hydrogens (tertiary/aromatic N) is 1. The van der Waals surface area contributed by atoms with Crippen molar-refractivity contribution in [3.8, 4) is 0 Å². The zero-order valence-corrected chi connectivity index (χ0v) is 11.1. The van der Waals surface area contributed by atoms with Crippen LogP contribution in [-0.2, 0) is 4.79 Å². The first-order valence-corrected chi connectivity index (χ1v) is 6.94. The van der Waals surface area contributed by atoms with E-state index < -0.39 is 0 Å². The first kappa shape index (κ1) is 12.9. The molecule has 1 aromatic heterocycles. The van der Waals surface area contributed by atoms with E-state index in [0.717, 1.165) is 25.7 Å². The van der Waals surface area contributed by atoms with Crippen molar-refractivity contribution in [2.75, 3.05) is 6.54 Å². The molecule has 1 aliphatic carbocycles. The summed E-state index contributed by atoms with van der Waals surface area (Å²) in [6.45, 7) is 0.0762. The van der Waals surface area contributed by atoms with Crippen LogP contribution in [0, 0.1) is 0 Å². The Bertz CT molecular complexity index is 595. The standard InChI is InChI=1S/C14H17N3O3/c18-12-7-9(5-6-15-12)14(20)17-8-13(19)16-10-3-1-2-4-11(10)17/h5-7,10-11H,1-4,8H2,(H,15,18)(H,16,19)/t10-,11+/m1/s1. The Labute approximate surface area is 116 Å². The predicted molar refractivity (Wildman–Crippen MR) is 72.3 cm³/mol. The molecule has 2 heterocycles. The van der Waals surface area contributed by atoms with E-state index in [9.17, 15) is 14.4 Å². The molecule has 6 heteroatoms. The Morgan fingerprint density at radius 1 is 1.25 bits per heavy atom. The number of piperazine rings is 1. The van der Waals surface area contributed by atoms with E-state index in [-0.39, 0.29) is 36.0 Å². The van der Waals surface area contributed by atoms with Crippen LogP contribution in [-0.4, -0.2) is 40.3 Å². The van der Waals surface area contributed by atoms with Gasteiger partial charge in [0.15, 0.2) is 0 Å². The summed E-state index contributed by atoms with van der Waals surface area (Å²) < 4.78 is 0. The molecular formula is C14H17N3O3. The smallest absolute Gasteiger partial charge is 0.254 e. The van der Waals surface area contributed by atoms with Crippen LogP contribution in [0.1, 0.15) is 36.0 Å². The topological polar surface area (TPSA) is 82.3 Å². The zero-order valence-electron chi connectivity index (χ0n) is 11.1. The van der Waals surface area contributed by atoms with E-state index in [0.29, 0.717) is 5.56 Å². The summed E-state index contributed by atoms with van der Waals surface area (Å²) in [6.07, 6.45) is 5.41. The lowest BCUT2D eigenvalue weighted by molar-refractivity contribution is -0.127. The second-order valence-corrected chi connectivity index (χ2v) is 5.40. The van der Waals surface area contributed by atoms with E-state index in [4.69, 9.17) is 0 Å². The van der Waals surface area contributed by atoms with Crippen LogP contribution in [0.5, 0.6) is 0 Å². The maximum Gasteiger partial charge on any atom is 0.254 e. The molecule has 2 aliphatic rings. The lowest BCUT2D eigenvalue weighted by Crippen LogP contribution is -2.62. The van der Waals surface area contributed by atoms with Gasteiger partial charge in [-0.25, -0.2) is 0 Å². The number of hydrogen-bond acceptors (Lipinski definition) is 3. The van der Waals surface area contributed by atoms with Gasteiger partial charge in [0, 0.05) is 23.9 Å². The van der Waals surface area contributed by atoms with E-state index in [2.05, 4.69) is 10.3 Å². The van der Waals surface area contributed by atoms with E-state index in [1.165, 1.54) is 12.3 Å². The summed E-state index contributed by atoms with van der Waals surface area (Å²) in [7, 11) is 0. The van der Waals surface area contributed by atoms with Crippen LogP contribution < -0.4 is 10.9 Å². The SMILES string of the molecule is O=C1CN(C(=O)c2cc[nH]c(=O)c2)[C@H]2CCCC[C@H]2N1. The van der Waals surface area contributed by atoms with Crippen molar-refractivity contribution in [2.45, 2.75) is 37.8 Å². The van der Waals surface area contributed by atoms with Gasteiger partial charge in [-0.15, -0.1) is 0 Å². The lowest BCUT2D eigenvalue weighted by atomic mass is 9.87. The van der Waals surface area contributed by atoms with Crippen LogP contribution >= 0.6 is 0 Å². The van der Waals surface area contributed by atoms with Crippen molar-refractivity contribution in [3.63, 3.8) is 0 Å². The third-order valence-corrected chi connectivity index (χ3v) is 4.07. The summed E-state index contributed by atoms with van der Waals surface area (Å²) in [4.78, 5) is 39.7. The Morgan fingerprint density at radius 2 is 2.05 bits per heavy atom. The van der Waals surface area contributed by atoms with Crippen molar-refractivity contribution in [2.24, 2.45) is 0 Å². The highest BCUT2D eigenvalue weighted by atomic mass is 16.2. The number of nitrogens with one attached hydrogen (secondary N) is 2. The van der Waals surface area contributed by atoms with Gasteiger partial charge in [0.2, 0.25) is 11.5 Å². The van der Waals surface area contributed by atoms with Gasteiger partial charge in [-0.05, 0) is 18.9 Å². The Kier molecular flexibility index (Phi) is 3.30. The second kappa shape index (κ2) is 5.11. The Morgan fingerprint density at radius 3 is 2.85 bits per heavy atom. The molecule has 106 valence electrons. The molecule has 6 nitrogen and oxygen atoms in total. The summed E-state index contributed by atoms with van der Waals surface area (Å²) in [6, 6.07) is 2.96. The van der Waals surface area contributed by atoms with Crippen molar-refractivity contribution in [3.05, 3.63) is 34.2 Å². The third kappa shape index (κ3) is 2.33. The highest BCUT2D eigenvalue weighted by molar-refractivity contribution is 5.97. The molecule has 1 saturated heterocycles. The first-order chi connectivity index (χ1) is 9.65. The van der Waals surface area contributed by atoms with Gasteiger partial charge in [0.25, 0.3) is 5.91 Å². The lowest BCUT2D eigenvalue weighted by Gasteiger charge is -2.43. The first-order valence-electron chi connectivity index (χ1n) is 6.94. The van der Waals surface area contributed by atoms with E-state index >= 15 is 0 Å². The molecule has 2 fully saturated rings. The second-order valence-electron chi connectivity index (χ2n) is 5.40. The van der Waals surface area contributed by atoms with Gasteiger partial charge in [-0.1, -0.05) is 12.8 Å². The summed E-state index contributed by atoms with van der Waals surface area (Å²) in [5.41, 5.74) is 0.0327.